The average Bonchev–Trinajstić information content (AvgIpc) is 2.67. The second kappa shape index (κ2) is 5.14. The van der Waals surface area contributed by atoms with Crippen LogP contribution in [0, 0.1) is 13.8 Å². The normalized spacial score (nSPS) is 10.5. The van der Waals surface area contributed by atoms with E-state index in [2.05, 4.69) is 10.3 Å². The number of anilines is 2. The third-order valence-electron chi connectivity index (χ3n) is 2.95. The third kappa shape index (κ3) is 2.93. The van der Waals surface area contributed by atoms with Crippen LogP contribution in [0.25, 0.3) is 0 Å². The number of nitrogens with one attached hydrogen (secondary N) is 1. The Morgan fingerprint density at radius 1 is 1.42 bits per heavy atom. The molecule has 19 heavy (non-hydrogen) atoms. The summed E-state index contributed by atoms with van der Waals surface area (Å²) in [6.07, 6.45) is 0. The molecule has 5 nitrogen and oxygen atoms in total. The Hall–Kier alpha value is -2.30. The number of nitrogens with two attached hydrogens (primary N) is 1. The number of carbonyl (C=O) groups is 1. The summed E-state index contributed by atoms with van der Waals surface area (Å²) in [6, 6.07) is 5.27. The number of aromatic nitrogens is 1. The fraction of sp³-hybridized carbons (Fsp3) is 0.286. The van der Waals surface area contributed by atoms with Gasteiger partial charge in [-0.25, -0.2) is 4.98 Å². The molecule has 0 bridgehead atoms. The van der Waals surface area contributed by atoms with Gasteiger partial charge in [-0.05, 0) is 39.0 Å². The van der Waals surface area contributed by atoms with Gasteiger partial charge in [0.05, 0.1) is 12.2 Å². The third-order valence-corrected chi connectivity index (χ3v) is 2.95. The van der Waals surface area contributed by atoms with Crippen LogP contribution in [-0.4, -0.2) is 10.8 Å². The molecule has 1 aromatic heterocycles. The topological polar surface area (TPSA) is 81.2 Å². The van der Waals surface area contributed by atoms with E-state index in [1.807, 2.05) is 19.9 Å². The maximum absolute atomic E-state index is 11.4. The minimum Gasteiger partial charge on any atom is -0.444 e. The SMILES string of the molecule is CC(=O)c1cc(NCc2nc(C)c(C)o2)ccc1N. The van der Waals surface area contributed by atoms with Crippen molar-refractivity contribution in [1.82, 2.24) is 4.98 Å². The molecule has 0 aliphatic heterocycles. The molecule has 0 saturated carbocycles. The average molecular weight is 259 g/mol. The largest absolute Gasteiger partial charge is 0.444 e. The van der Waals surface area contributed by atoms with Crippen LogP contribution >= 0.6 is 0 Å². The minimum atomic E-state index is -0.0519. The summed E-state index contributed by atoms with van der Waals surface area (Å²) in [5.41, 5.74) is 8.45. The van der Waals surface area contributed by atoms with Crippen LogP contribution in [0.1, 0.15) is 34.6 Å². The molecular formula is C14H17N3O2. The number of hydrogen-bond acceptors (Lipinski definition) is 5. The first-order valence-corrected chi connectivity index (χ1v) is 6.04. The Balaban J connectivity index is 2.11. The standard InChI is InChI=1S/C14H17N3O2/c1-8-10(3)19-14(17-8)7-16-11-4-5-13(15)12(6-11)9(2)18/h4-6,16H,7,15H2,1-3H3. The number of aryl methyl sites for hydroxylation is 2. The van der Waals surface area contributed by atoms with E-state index in [1.54, 1.807) is 12.1 Å². The van der Waals surface area contributed by atoms with Crippen molar-refractivity contribution >= 4 is 17.2 Å². The second-order valence-electron chi connectivity index (χ2n) is 4.46. The van der Waals surface area contributed by atoms with Crippen LogP contribution in [0.15, 0.2) is 22.6 Å². The van der Waals surface area contributed by atoms with E-state index in [1.165, 1.54) is 6.92 Å². The van der Waals surface area contributed by atoms with E-state index in [4.69, 9.17) is 10.2 Å². The molecule has 2 rings (SSSR count). The van der Waals surface area contributed by atoms with Gasteiger partial charge in [0.1, 0.15) is 5.76 Å². The van der Waals surface area contributed by atoms with Gasteiger partial charge in [-0.15, -0.1) is 0 Å². The Kier molecular flexibility index (Phi) is 3.55. The van der Waals surface area contributed by atoms with Gasteiger partial charge in [0.25, 0.3) is 0 Å². The molecule has 3 N–H and O–H groups in total. The number of carbonyl (C=O) groups excluding carboxylic acids is 1. The predicted molar refractivity (Wildman–Crippen MR) is 74.2 cm³/mol. The van der Waals surface area contributed by atoms with Gasteiger partial charge >= 0.3 is 0 Å². The van der Waals surface area contributed by atoms with Crippen LogP contribution in [0.2, 0.25) is 0 Å². The molecule has 5 heteroatoms. The van der Waals surface area contributed by atoms with Crippen molar-refractivity contribution in [3.8, 4) is 0 Å². The predicted octanol–water partition coefficient (Wildman–Crippen LogP) is 2.69. The van der Waals surface area contributed by atoms with Crippen LogP contribution in [0.5, 0.6) is 0 Å². The lowest BCUT2D eigenvalue weighted by Crippen LogP contribution is -2.04. The van der Waals surface area contributed by atoms with E-state index >= 15 is 0 Å². The summed E-state index contributed by atoms with van der Waals surface area (Å²) < 4.78 is 5.47. The molecular weight excluding hydrogens is 242 g/mol. The van der Waals surface area contributed by atoms with Gasteiger partial charge in [-0.1, -0.05) is 0 Å². The molecule has 0 aliphatic carbocycles. The molecule has 0 radical (unpaired) electrons. The monoisotopic (exact) mass is 259 g/mol. The fourth-order valence-electron chi connectivity index (χ4n) is 1.76. The molecule has 0 saturated heterocycles. The summed E-state index contributed by atoms with van der Waals surface area (Å²) in [5, 5.41) is 3.16. The number of nitrogens with zero attached hydrogens (tertiary/aromatic N) is 1. The number of nitrogen functional groups attached to an aromatic ring is 1. The maximum atomic E-state index is 11.4. The number of rotatable bonds is 4. The summed E-state index contributed by atoms with van der Waals surface area (Å²) in [4.78, 5) is 15.7. The number of hydrogen-bond donors (Lipinski definition) is 2. The summed E-state index contributed by atoms with van der Waals surface area (Å²) >= 11 is 0. The fourth-order valence-corrected chi connectivity index (χ4v) is 1.76. The van der Waals surface area contributed by atoms with Crippen LogP contribution in [-0.2, 0) is 6.54 Å². The van der Waals surface area contributed by atoms with Gasteiger partial charge in [-0.3, -0.25) is 4.79 Å². The Bertz CT molecular complexity index is 598. The van der Waals surface area contributed by atoms with E-state index in [0.717, 1.165) is 17.1 Å². The van der Waals surface area contributed by atoms with E-state index < -0.39 is 0 Å². The molecule has 0 aliphatic rings. The first-order chi connectivity index (χ1) is 8.97. The van der Waals surface area contributed by atoms with Gasteiger partial charge < -0.3 is 15.5 Å². The van der Waals surface area contributed by atoms with Crippen molar-refractivity contribution in [1.29, 1.82) is 0 Å². The van der Waals surface area contributed by atoms with E-state index in [9.17, 15) is 4.79 Å². The van der Waals surface area contributed by atoms with Crippen LogP contribution in [0.4, 0.5) is 11.4 Å². The lowest BCUT2D eigenvalue weighted by Gasteiger charge is -2.07. The van der Waals surface area contributed by atoms with E-state index in [0.29, 0.717) is 23.7 Å². The molecule has 1 aromatic carbocycles. The molecule has 0 fully saturated rings. The van der Waals surface area contributed by atoms with Crippen molar-refractivity contribution in [3.63, 3.8) is 0 Å². The quantitative estimate of drug-likeness (QED) is 0.651. The van der Waals surface area contributed by atoms with Crippen molar-refractivity contribution < 1.29 is 9.21 Å². The summed E-state index contributed by atoms with van der Waals surface area (Å²) in [7, 11) is 0. The number of benzene rings is 1. The van der Waals surface area contributed by atoms with Crippen LogP contribution < -0.4 is 11.1 Å². The van der Waals surface area contributed by atoms with E-state index in [-0.39, 0.29) is 5.78 Å². The molecule has 0 amide bonds. The molecule has 0 spiro atoms. The first kappa shape index (κ1) is 13.1. The number of oxazole rings is 1. The van der Waals surface area contributed by atoms with Crippen molar-refractivity contribution in [3.05, 3.63) is 41.1 Å². The van der Waals surface area contributed by atoms with Crippen LogP contribution in [0.3, 0.4) is 0 Å². The minimum absolute atomic E-state index is 0.0519. The summed E-state index contributed by atoms with van der Waals surface area (Å²) in [6.45, 7) is 5.74. The molecule has 0 unspecified atom stereocenters. The Labute approximate surface area is 111 Å². The molecule has 0 atom stereocenters. The van der Waals surface area contributed by atoms with Gasteiger partial charge in [0.2, 0.25) is 5.89 Å². The number of ketones is 1. The van der Waals surface area contributed by atoms with Crippen molar-refractivity contribution in [2.45, 2.75) is 27.3 Å². The van der Waals surface area contributed by atoms with Gasteiger partial charge in [-0.2, -0.15) is 0 Å². The number of Topliss-reactive ketones (excluding diaryl/α,β-unsaturated/α-hetero) is 1. The van der Waals surface area contributed by atoms with Gasteiger partial charge in [0, 0.05) is 16.9 Å². The smallest absolute Gasteiger partial charge is 0.213 e. The highest BCUT2D eigenvalue weighted by atomic mass is 16.4. The highest BCUT2D eigenvalue weighted by molar-refractivity contribution is 5.99. The summed E-state index contributed by atoms with van der Waals surface area (Å²) in [5.74, 6) is 1.39. The second-order valence-corrected chi connectivity index (χ2v) is 4.46. The first-order valence-electron chi connectivity index (χ1n) is 6.04. The van der Waals surface area contributed by atoms with Crippen molar-refractivity contribution in [2.24, 2.45) is 0 Å². The zero-order valence-electron chi connectivity index (χ0n) is 11.3. The maximum Gasteiger partial charge on any atom is 0.213 e. The van der Waals surface area contributed by atoms with Crippen molar-refractivity contribution in [2.75, 3.05) is 11.1 Å². The molecule has 100 valence electrons. The Morgan fingerprint density at radius 3 is 2.74 bits per heavy atom. The lowest BCUT2D eigenvalue weighted by atomic mass is 10.1. The highest BCUT2D eigenvalue weighted by Crippen LogP contribution is 2.19. The molecule has 2 aromatic rings. The highest BCUT2D eigenvalue weighted by Gasteiger charge is 2.08. The zero-order chi connectivity index (χ0) is 14.0. The zero-order valence-corrected chi connectivity index (χ0v) is 11.3. The van der Waals surface area contributed by atoms with Gasteiger partial charge in [0.15, 0.2) is 5.78 Å². The Morgan fingerprint density at radius 2 is 2.16 bits per heavy atom. The molecule has 1 heterocycles. The lowest BCUT2D eigenvalue weighted by molar-refractivity contribution is 0.101.